The van der Waals surface area contributed by atoms with Crippen LogP contribution in [0.1, 0.15) is 12.8 Å². The van der Waals surface area contributed by atoms with Crippen LogP contribution in [0.4, 0.5) is 5.69 Å². The van der Waals surface area contributed by atoms with Crippen LogP contribution in [0.2, 0.25) is 0 Å². The summed E-state index contributed by atoms with van der Waals surface area (Å²) in [5.41, 5.74) is 1.22. The third-order valence-corrected chi connectivity index (χ3v) is 3.05. The maximum absolute atomic E-state index is 5.31. The molecule has 2 rings (SSSR count). The first-order valence-electron chi connectivity index (χ1n) is 5.86. The largest absolute Gasteiger partial charge is 0.382 e. The molecule has 1 heterocycles. The molecule has 16 heavy (non-hydrogen) atoms. The molecule has 2 nitrogen and oxygen atoms in total. The van der Waals surface area contributed by atoms with Gasteiger partial charge in [-0.25, -0.2) is 0 Å². The number of benzene rings is 1. The summed E-state index contributed by atoms with van der Waals surface area (Å²) >= 11 is 0. The molecule has 0 bridgehead atoms. The SMILES string of the molecule is C#CCN1CCC(Nc2ccccc2)CC1. The Morgan fingerprint density at radius 1 is 1.25 bits per heavy atom. The van der Waals surface area contributed by atoms with Crippen molar-refractivity contribution in [2.75, 3.05) is 25.0 Å². The Hall–Kier alpha value is -1.46. The van der Waals surface area contributed by atoms with E-state index in [1.807, 2.05) is 6.07 Å². The number of hydrogen-bond donors (Lipinski definition) is 1. The highest BCUT2D eigenvalue weighted by molar-refractivity contribution is 5.43. The molecular formula is C14H18N2. The zero-order valence-corrected chi connectivity index (χ0v) is 9.52. The van der Waals surface area contributed by atoms with Crippen molar-refractivity contribution in [3.05, 3.63) is 30.3 Å². The Kier molecular flexibility index (Phi) is 3.85. The van der Waals surface area contributed by atoms with Gasteiger partial charge in [-0.1, -0.05) is 24.1 Å². The van der Waals surface area contributed by atoms with E-state index in [-0.39, 0.29) is 0 Å². The van der Waals surface area contributed by atoms with Gasteiger partial charge in [0.1, 0.15) is 0 Å². The normalized spacial score (nSPS) is 17.9. The minimum Gasteiger partial charge on any atom is -0.382 e. The molecule has 84 valence electrons. The maximum atomic E-state index is 5.31. The molecule has 0 amide bonds. The summed E-state index contributed by atoms with van der Waals surface area (Å²) in [6.07, 6.45) is 7.66. The summed E-state index contributed by atoms with van der Waals surface area (Å²) < 4.78 is 0. The molecule has 0 aromatic heterocycles. The van der Waals surface area contributed by atoms with Crippen molar-refractivity contribution in [1.82, 2.24) is 4.90 Å². The second kappa shape index (κ2) is 5.58. The summed E-state index contributed by atoms with van der Waals surface area (Å²) in [6.45, 7) is 3.00. The van der Waals surface area contributed by atoms with Gasteiger partial charge in [0.2, 0.25) is 0 Å². The van der Waals surface area contributed by atoms with Gasteiger partial charge < -0.3 is 5.32 Å². The molecule has 0 saturated carbocycles. The smallest absolute Gasteiger partial charge is 0.0598 e. The second-order valence-electron chi connectivity index (χ2n) is 4.26. The summed E-state index contributed by atoms with van der Waals surface area (Å²) in [7, 11) is 0. The lowest BCUT2D eigenvalue weighted by atomic mass is 10.0. The van der Waals surface area contributed by atoms with Crippen LogP contribution >= 0.6 is 0 Å². The number of likely N-dealkylation sites (tertiary alicyclic amines) is 1. The van der Waals surface area contributed by atoms with Gasteiger partial charge >= 0.3 is 0 Å². The van der Waals surface area contributed by atoms with Crippen LogP contribution in [0.15, 0.2) is 30.3 Å². The van der Waals surface area contributed by atoms with Crippen molar-refractivity contribution < 1.29 is 0 Å². The van der Waals surface area contributed by atoms with E-state index in [1.54, 1.807) is 0 Å². The van der Waals surface area contributed by atoms with Gasteiger partial charge in [0.15, 0.2) is 0 Å². The van der Waals surface area contributed by atoms with E-state index in [4.69, 9.17) is 6.42 Å². The van der Waals surface area contributed by atoms with E-state index >= 15 is 0 Å². The predicted molar refractivity (Wildman–Crippen MR) is 68.4 cm³/mol. The highest BCUT2D eigenvalue weighted by Gasteiger charge is 2.17. The highest BCUT2D eigenvalue weighted by atomic mass is 15.1. The maximum Gasteiger partial charge on any atom is 0.0598 e. The number of rotatable bonds is 3. The molecule has 1 aliphatic rings. The molecular weight excluding hydrogens is 196 g/mol. The summed E-state index contributed by atoms with van der Waals surface area (Å²) in [6, 6.07) is 11.0. The lowest BCUT2D eigenvalue weighted by Gasteiger charge is -2.31. The van der Waals surface area contributed by atoms with Crippen molar-refractivity contribution in [3.8, 4) is 12.3 Å². The van der Waals surface area contributed by atoms with E-state index in [9.17, 15) is 0 Å². The van der Waals surface area contributed by atoms with Gasteiger partial charge in [-0.2, -0.15) is 0 Å². The molecule has 1 N–H and O–H groups in total. The molecule has 1 aromatic rings. The Labute approximate surface area is 97.7 Å². The van der Waals surface area contributed by atoms with E-state index in [0.29, 0.717) is 6.04 Å². The van der Waals surface area contributed by atoms with Gasteiger partial charge in [0, 0.05) is 24.8 Å². The molecule has 0 spiro atoms. The zero-order valence-electron chi connectivity index (χ0n) is 9.52. The van der Waals surface area contributed by atoms with Crippen LogP contribution in [-0.2, 0) is 0 Å². The van der Waals surface area contributed by atoms with Crippen molar-refractivity contribution >= 4 is 5.69 Å². The number of hydrogen-bond acceptors (Lipinski definition) is 2. The van der Waals surface area contributed by atoms with E-state index in [1.165, 1.54) is 18.5 Å². The van der Waals surface area contributed by atoms with Gasteiger partial charge in [-0.3, -0.25) is 4.90 Å². The monoisotopic (exact) mass is 214 g/mol. The number of piperidine rings is 1. The van der Waals surface area contributed by atoms with Crippen LogP contribution in [0.3, 0.4) is 0 Å². The summed E-state index contributed by atoms with van der Waals surface area (Å²) in [4.78, 5) is 2.34. The molecule has 0 unspecified atom stereocenters. The molecule has 0 aliphatic carbocycles. The molecule has 0 atom stereocenters. The Morgan fingerprint density at radius 2 is 1.94 bits per heavy atom. The summed E-state index contributed by atoms with van der Waals surface area (Å²) in [5.74, 6) is 2.71. The van der Waals surface area contributed by atoms with Crippen molar-refractivity contribution in [1.29, 1.82) is 0 Å². The first-order chi connectivity index (χ1) is 7.88. The van der Waals surface area contributed by atoms with Crippen molar-refractivity contribution in [2.45, 2.75) is 18.9 Å². The predicted octanol–water partition coefficient (Wildman–Crippen LogP) is 2.20. The number of nitrogens with zero attached hydrogens (tertiary/aromatic N) is 1. The molecule has 1 saturated heterocycles. The van der Waals surface area contributed by atoms with E-state index < -0.39 is 0 Å². The van der Waals surface area contributed by atoms with Crippen molar-refractivity contribution in [2.24, 2.45) is 0 Å². The lowest BCUT2D eigenvalue weighted by Crippen LogP contribution is -2.39. The van der Waals surface area contributed by atoms with Crippen LogP contribution < -0.4 is 5.32 Å². The zero-order chi connectivity index (χ0) is 11.2. The topological polar surface area (TPSA) is 15.3 Å². The van der Waals surface area contributed by atoms with E-state index in [0.717, 1.165) is 19.6 Å². The summed E-state index contributed by atoms with van der Waals surface area (Å²) in [5, 5.41) is 3.57. The van der Waals surface area contributed by atoms with Gasteiger partial charge in [-0.15, -0.1) is 6.42 Å². The fourth-order valence-electron chi connectivity index (χ4n) is 2.13. The standard InChI is InChI=1S/C14H18N2/c1-2-10-16-11-8-14(9-12-16)15-13-6-4-3-5-7-13/h1,3-7,14-15H,8-12H2. The molecule has 1 fully saturated rings. The third kappa shape index (κ3) is 3.01. The minimum absolute atomic E-state index is 0.594. The first-order valence-corrected chi connectivity index (χ1v) is 5.86. The first kappa shape index (κ1) is 11.0. The van der Waals surface area contributed by atoms with Crippen LogP contribution in [0.25, 0.3) is 0 Å². The van der Waals surface area contributed by atoms with Gasteiger partial charge in [0.05, 0.1) is 6.54 Å². The fourth-order valence-corrected chi connectivity index (χ4v) is 2.13. The Balaban J connectivity index is 1.80. The average Bonchev–Trinajstić information content (AvgIpc) is 2.33. The second-order valence-corrected chi connectivity index (χ2v) is 4.26. The van der Waals surface area contributed by atoms with Crippen molar-refractivity contribution in [3.63, 3.8) is 0 Å². The number of anilines is 1. The van der Waals surface area contributed by atoms with Gasteiger partial charge in [-0.05, 0) is 25.0 Å². The number of para-hydroxylation sites is 1. The Bertz CT molecular complexity index is 345. The average molecular weight is 214 g/mol. The molecule has 0 radical (unpaired) electrons. The third-order valence-electron chi connectivity index (χ3n) is 3.05. The fraction of sp³-hybridized carbons (Fsp3) is 0.429. The lowest BCUT2D eigenvalue weighted by molar-refractivity contribution is 0.243. The molecule has 1 aliphatic heterocycles. The minimum atomic E-state index is 0.594. The van der Waals surface area contributed by atoms with Crippen LogP contribution in [0.5, 0.6) is 0 Å². The molecule has 2 heteroatoms. The highest BCUT2D eigenvalue weighted by Crippen LogP contribution is 2.15. The molecule has 1 aromatic carbocycles. The number of nitrogens with one attached hydrogen (secondary N) is 1. The van der Waals surface area contributed by atoms with Gasteiger partial charge in [0.25, 0.3) is 0 Å². The quantitative estimate of drug-likeness (QED) is 0.776. The number of terminal acetylenes is 1. The van der Waals surface area contributed by atoms with E-state index in [2.05, 4.69) is 40.4 Å². The van der Waals surface area contributed by atoms with Crippen LogP contribution in [-0.4, -0.2) is 30.6 Å². The van der Waals surface area contributed by atoms with Crippen LogP contribution in [0, 0.1) is 12.3 Å². The Morgan fingerprint density at radius 3 is 2.56 bits per heavy atom.